The Morgan fingerprint density at radius 2 is 1.97 bits per heavy atom. The molecule has 1 spiro atoms. The van der Waals surface area contributed by atoms with Crippen LogP contribution in [0.2, 0.25) is 0 Å². The summed E-state index contributed by atoms with van der Waals surface area (Å²) >= 11 is 0. The summed E-state index contributed by atoms with van der Waals surface area (Å²) in [5.41, 5.74) is 0.418. The van der Waals surface area contributed by atoms with E-state index in [9.17, 15) is 14.4 Å². The van der Waals surface area contributed by atoms with Gasteiger partial charge in [-0.15, -0.1) is 0 Å². The molecule has 1 saturated carbocycles. The number of hydrogen-bond acceptors (Lipinski definition) is 5. The van der Waals surface area contributed by atoms with E-state index in [-0.39, 0.29) is 23.4 Å². The minimum absolute atomic E-state index is 0.0392. The van der Waals surface area contributed by atoms with Crippen LogP contribution in [0.5, 0.6) is 0 Å². The Kier molecular flexibility index (Phi) is 7.02. The van der Waals surface area contributed by atoms with Gasteiger partial charge in [0.2, 0.25) is 11.8 Å². The lowest BCUT2D eigenvalue weighted by atomic mass is 9.75. The van der Waals surface area contributed by atoms with Crippen LogP contribution in [0.15, 0.2) is 24.4 Å². The van der Waals surface area contributed by atoms with Crippen molar-refractivity contribution >= 4 is 29.1 Å². The van der Waals surface area contributed by atoms with Crippen molar-refractivity contribution < 1.29 is 23.5 Å². The number of rotatable bonds is 6. The summed E-state index contributed by atoms with van der Waals surface area (Å²) in [5.74, 6) is -1.01. The maximum Gasteiger partial charge on any atom is 0.270 e. The van der Waals surface area contributed by atoms with Crippen LogP contribution in [0, 0.1) is 17.7 Å². The summed E-state index contributed by atoms with van der Waals surface area (Å²) in [4.78, 5) is 39.5. The third-order valence-corrected chi connectivity index (χ3v) is 8.22. The van der Waals surface area contributed by atoms with Gasteiger partial charge in [-0.3, -0.25) is 19.1 Å². The fraction of sp³-hybridized carbons (Fsp3) is 0.556. The van der Waals surface area contributed by atoms with Gasteiger partial charge in [0, 0.05) is 37.2 Å². The van der Waals surface area contributed by atoms with Gasteiger partial charge >= 0.3 is 0 Å². The predicted octanol–water partition coefficient (Wildman–Crippen LogP) is 3.61. The molecule has 0 bridgehead atoms. The minimum atomic E-state index is -0.933. The lowest BCUT2D eigenvalue weighted by Crippen LogP contribution is -2.49. The standard InChI is InChI=1S/C27H34FN5O4/c1-3-33-21(8-11-29-33)24(34)32-23(17-6-4-16(2)5-7-17)25(35)30-18-14-19(28)22-20(15-18)31-26(36)27(22)9-12-37-13-10-27/h8,11,14-17,23H,3-7,9-10,12-13H2,1-2H3,(H,30,35)(H,31,36)(H,32,34). The van der Waals surface area contributed by atoms with Gasteiger partial charge in [0.05, 0.1) is 11.1 Å². The quantitative estimate of drug-likeness (QED) is 0.548. The van der Waals surface area contributed by atoms with Gasteiger partial charge < -0.3 is 20.7 Å². The Balaban J connectivity index is 1.38. The number of ether oxygens (including phenoxy) is 1. The molecule has 1 aromatic heterocycles. The van der Waals surface area contributed by atoms with Gasteiger partial charge in [0.25, 0.3) is 5.91 Å². The molecule has 1 aliphatic carbocycles. The zero-order valence-corrected chi connectivity index (χ0v) is 21.3. The number of carbonyl (C=O) groups excluding carboxylic acids is 3. The monoisotopic (exact) mass is 511 g/mol. The van der Waals surface area contributed by atoms with Crippen molar-refractivity contribution in [2.75, 3.05) is 23.8 Å². The largest absolute Gasteiger partial charge is 0.381 e. The number of anilines is 2. The fourth-order valence-electron chi connectivity index (χ4n) is 6.05. The molecule has 1 aromatic carbocycles. The second-order valence-electron chi connectivity index (χ2n) is 10.5. The van der Waals surface area contributed by atoms with E-state index in [1.165, 1.54) is 6.07 Å². The Hall–Kier alpha value is -3.27. The first-order chi connectivity index (χ1) is 17.8. The van der Waals surface area contributed by atoms with Crippen LogP contribution < -0.4 is 16.0 Å². The number of amides is 3. The topological polar surface area (TPSA) is 114 Å². The molecule has 9 nitrogen and oxygen atoms in total. The van der Waals surface area contributed by atoms with Gasteiger partial charge in [0.15, 0.2) is 0 Å². The highest BCUT2D eigenvalue weighted by molar-refractivity contribution is 6.08. The highest BCUT2D eigenvalue weighted by Gasteiger charge is 2.49. The molecule has 2 aliphatic heterocycles. The SMILES string of the molecule is CCn1nccc1C(=O)NC(C(=O)Nc1cc(F)c2c(c1)NC(=O)C21CCOCC1)C1CCC(C)CC1. The zero-order valence-electron chi connectivity index (χ0n) is 21.3. The Morgan fingerprint density at radius 3 is 2.68 bits per heavy atom. The first-order valence-electron chi connectivity index (χ1n) is 13.2. The normalized spacial score (nSPS) is 23.3. The average molecular weight is 512 g/mol. The molecule has 3 amide bonds. The number of nitrogens with zero attached hydrogens (tertiary/aromatic N) is 2. The van der Waals surface area contributed by atoms with Crippen LogP contribution in [0.1, 0.15) is 68.4 Å². The second kappa shape index (κ2) is 10.2. The molecule has 2 fully saturated rings. The van der Waals surface area contributed by atoms with E-state index in [0.29, 0.717) is 55.5 Å². The van der Waals surface area contributed by atoms with Crippen molar-refractivity contribution in [3.8, 4) is 0 Å². The highest BCUT2D eigenvalue weighted by Crippen LogP contribution is 2.47. The molecule has 198 valence electrons. The molecule has 3 aliphatic rings. The number of nitrogens with one attached hydrogen (secondary N) is 3. The molecular weight excluding hydrogens is 477 g/mol. The Morgan fingerprint density at radius 1 is 1.24 bits per heavy atom. The van der Waals surface area contributed by atoms with Crippen molar-refractivity contribution in [1.82, 2.24) is 15.1 Å². The number of fused-ring (bicyclic) bond motifs is 2. The predicted molar refractivity (Wildman–Crippen MR) is 136 cm³/mol. The number of halogens is 1. The van der Waals surface area contributed by atoms with Crippen LogP contribution in [0.25, 0.3) is 0 Å². The van der Waals surface area contributed by atoms with Crippen LogP contribution in [-0.4, -0.2) is 46.8 Å². The van der Waals surface area contributed by atoms with Crippen molar-refractivity contribution in [1.29, 1.82) is 0 Å². The summed E-state index contributed by atoms with van der Waals surface area (Å²) in [6.45, 7) is 5.39. The summed E-state index contributed by atoms with van der Waals surface area (Å²) in [5, 5.41) is 12.7. The van der Waals surface area contributed by atoms with Crippen LogP contribution >= 0.6 is 0 Å². The molecule has 2 aromatic rings. The summed E-state index contributed by atoms with van der Waals surface area (Å²) in [6, 6.07) is 3.71. The van der Waals surface area contributed by atoms with Gasteiger partial charge in [-0.25, -0.2) is 4.39 Å². The number of aryl methyl sites for hydroxylation is 1. The van der Waals surface area contributed by atoms with Gasteiger partial charge in [-0.1, -0.05) is 19.8 Å². The van der Waals surface area contributed by atoms with E-state index in [0.717, 1.165) is 25.7 Å². The van der Waals surface area contributed by atoms with Gasteiger partial charge in [-0.05, 0) is 62.6 Å². The Labute approximate surface area is 215 Å². The number of carbonyl (C=O) groups is 3. The lowest BCUT2D eigenvalue weighted by molar-refractivity contribution is -0.124. The van der Waals surface area contributed by atoms with E-state index in [1.54, 1.807) is 23.0 Å². The zero-order chi connectivity index (χ0) is 26.2. The maximum absolute atomic E-state index is 15.4. The van der Waals surface area contributed by atoms with Gasteiger partial charge in [-0.2, -0.15) is 5.10 Å². The average Bonchev–Trinajstić information content (AvgIpc) is 3.46. The van der Waals surface area contributed by atoms with Crippen LogP contribution in [-0.2, 0) is 26.3 Å². The number of hydrogen-bond donors (Lipinski definition) is 3. The summed E-state index contributed by atoms with van der Waals surface area (Å²) < 4.78 is 22.4. The summed E-state index contributed by atoms with van der Waals surface area (Å²) in [7, 11) is 0. The first kappa shape index (κ1) is 25.4. The lowest BCUT2D eigenvalue weighted by Gasteiger charge is -2.32. The third-order valence-electron chi connectivity index (χ3n) is 8.22. The first-order valence-corrected chi connectivity index (χ1v) is 13.2. The van der Waals surface area contributed by atoms with E-state index < -0.39 is 23.2 Å². The maximum atomic E-state index is 15.4. The number of aromatic nitrogens is 2. The third kappa shape index (κ3) is 4.74. The van der Waals surface area contributed by atoms with Crippen molar-refractivity contribution in [3.05, 3.63) is 41.5 Å². The van der Waals surface area contributed by atoms with E-state index in [1.807, 2.05) is 6.92 Å². The molecule has 5 rings (SSSR count). The Bertz CT molecular complexity index is 1200. The van der Waals surface area contributed by atoms with Crippen molar-refractivity contribution in [2.45, 2.75) is 70.4 Å². The summed E-state index contributed by atoms with van der Waals surface area (Å²) in [6.07, 6.45) is 5.96. The molecule has 37 heavy (non-hydrogen) atoms. The van der Waals surface area contributed by atoms with Crippen molar-refractivity contribution in [2.24, 2.45) is 11.8 Å². The van der Waals surface area contributed by atoms with Crippen LogP contribution in [0.3, 0.4) is 0 Å². The van der Waals surface area contributed by atoms with Gasteiger partial charge in [0.1, 0.15) is 17.6 Å². The molecular formula is C27H34FN5O4. The molecule has 1 unspecified atom stereocenters. The molecule has 3 N–H and O–H groups in total. The van der Waals surface area contributed by atoms with Crippen molar-refractivity contribution in [3.63, 3.8) is 0 Å². The molecule has 1 atom stereocenters. The van der Waals surface area contributed by atoms with E-state index >= 15 is 4.39 Å². The van der Waals surface area contributed by atoms with E-state index in [2.05, 4.69) is 28.0 Å². The molecule has 1 saturated heterocycles. The van der Waals surface area contributed by atoms with E-state index in [4.69, 9.17) is 4.74 Å². The molecule has 3 heterocycles. The highest BCUT2D eigenvalue weighted by atomic mass is 19.1. The second-order valence-corrected chi connectivity index (χ2v) is 10.5. The smallest absolute Gasteiger partial charge is 0.270 e. The van der Waals surface area contributed by atoms with Crippen LogP contribution in [0.4, 0.5) is 15.8 Å². The minimum Gasteiger partial charge on any atom is -0.381 e. The molecule has 0 radical (unpaired) electrons. The fourth-order valence-corrected chi connectivity index (χ4v) is 6.05. The molecule has 10 heteroatoms. The number of benzene rings is 1.